The van der Waals surface area contributed by atoms with Crippen molar-refractivity contribution in [3.63, 3.8) is 0 Å². The predicted octanol–water partition coefficient (Wildman–Crippen LogP) is 2.49. The van der Waals surface area contributed by atoms with Gasteiger partial charge >= 0.3 is 0 Å². The Kier molecular flexibility index (Phi) is 3.10. The van der Waals surface area contributed by atoms with Crippen LogP contribution >= 0.6 is 0 Å². The van der Waals surface area contributed by atoms with Crippen LogP contribution in [-0.2, 0) is 13.0 Å². The van der Waals surface area contributed by atoms with Crippen LogP contribution in [0.15, 0.2) is 47.1 Å². The van der Waals surface area contributed by atoms with Gasteiger partial charge in [-0.3, -0.25) is 0 Å². The molecule has 3 rings (SSSR count). The van der Waals surface area contributed by atoms with Gasteiger partial charge in [-0.15, -0.1) is 0 Å². The molecule has 0 fully saturated rings. The van der Waals surface area contributed by atoms with Gasteiger partial charge in [0.25, 0.3) is 0 Å². The summed E-state index contributed by atoms with van der Waals surface area (Å²) in [5, 5.41) is 3.33. The summed E-state index contributed by atoms with van der Waals surface area (Å²) in [6, 6.07) is 11.9. The Balaban J connectivity index is 1.53. The average molecular weight is 241 g/mol. The number of aromatic amines is 1. The molecular weight excluding hydrogens is 226 g/mol. The lowest BCUT2D eigenvalue weighted by Crippen LogP contribution is -2.16. The first-order valence-electron chi connectivity index (χ1n) is 6.08. The van der Waals surface area contributed by atoms with Crippen LogP contribution in [0, 0.1) is 0 Å². The van der Waals surface area contributed by atoms with Gasteiger partial charge < -0.3 is 14.7 Å². The number of aromatic nitrogens is 2. The molecule has 0 atom stereocenters. The van der Waals surface area contributed by atoms with Gasteiger partial charge in [0.2, 0.25) is 0 Å². The highest BCUT2D eigenvalue weighted by Crippen LogP contribution is 2.10. The maximum Gasteiger partial charge on any atom is 0.117 e. The van der Waals surface area contributed by atoms with Crippen molar-refractivity contribution in [2.45, 2.75) is 13.0 Å². The van der Waals surface area contributed by atoms with E-state index in [0.29, 0.717) is 0 Å². The molecule has 0 amide bonds. The molecular formula is C14H15N3O. The van der Waals surface area contributed by atoms with Crippen LogP contribution in [0.3, 0.4) is 0 Å². The summed E-state index contributed by atoms with van der Waals surface area (Å²) in [6.07, 6.45) is 2.58. The average Bonchev–Trinajstić information content (AvgIpc) is 3.03. The van der Waals surface area contributed by atoms with Crippen LogP contribution in [-0.4, -0.2) is 16.5 Å². The lowest BCUT2D eigenvalue weighted by molar-refractivity contribution is 0.483. The third-order valence-electron chi connectivity index (χ3n) is 2.86. The Morgan fingerprint density at radius 3 is 2.94 bits per heavy atom. The van der Waals surface area contributed by atoms with E-state index in [1.807, 2.05) is 36.4 Å². The molecule has 4 heteroatoms. The summed E-state index contributed by atoms with van der Waals surface area (Å²) in [6.45, 7) is 1.63. The number of para-hydroxylation sites is 2. The first-order valence-corrected chi connectivity index (χ1v) is 6.08. The van der Waals surface area contributed by atoms with Gasteiger partial charge in [-0.2, -0.15) is 0 Å². The van der Waals surface area contributed by atoms with E-state index in [0.717, 1.165) is 42.1 Å². The molecule has 3 aromatic rings. The first-order chi connectivity index (χ1) is 8.92. The molecule has 0 aliphatic heterocycles. The molecule has 0 saturated heterocycles. The minimum Gasteiger partial charge on any atom is -0.468 e. The largest absolute Gasteiger partial charge is 0.468 e. The molecule has 0 unspecified atom stereocenters. The zero-order valence-corrected chi connectivity index (χ0v) is 10.0. The molecule has 0 aliphatic rings. The van der Waals surface area contributed by atoms with Gasteiger partial charge in [0.15, 0.2) is 0 Å². The van der Waals surface area contributed by atoms with Crippen molar-refractivity contribution in [3.05, 3.63) is 54.2 Å². The van der Waals surface area contributed by atoms with E-state index in [1.54, 1.807) is 6.26 Å². The van der Waals surface area contributed by atoms with Gasteiger partial charge in [0.05, 0.1) is 23.8 Å². The molecule has 0 bridgehead atoms. The Hall–Kier alpha value is -2.07. The van der Waals surface area contributed by atoms with Crippen molar-refractivity contribution in [3.8, 4) is 0 Å². The fourth-order valence-electron chi connectivity index (χ4n) is 1.96. The van der Waals surface area contributed by atoms with Crippen molar-refractivity contribution in [1.29, 1.82) is 0 Å². The van der Waals surface area contributed by atoms with E-state index in [4.69, 9.17) is 4.42 Å². The number of benzene rings is 1. The molecule has 2 aromatic heterocycles. The Bertz CT molecular complexity index is 580. The van der Waals surface area contributed by atoms with Gasteiger partial charge in [-0.1, -0.05) is 12.1 Å². The number of hydrogen-bond donors (Lipinski definition) is 2. The number of rotatable bonds is 5. The molecule has 1 aromatic carbocycles. The highest BCUT2D eigenvalue weighted by Gasteiger charge is 2.01. The van der Waals surface area contributed by atoms with E-state index in [9.17, 15) is 0 Å². The molecule has 0 saturated carbocycles. The number of fused-ring (bicyclic) bond motifs is 1. The van der Waals surface area contributed by atoms with E-state index < -0.39 is 0 Å². The zero-order valence-electron chi connectivity index (χ0n) is 10.0. The Morgan fingerprint density at radius 2 is 2.11 bits per heavy atom. The minimum absolute atomic E-state index is 0.757. The molecule has 0 radical (unpaired) electrons. The highest BCUT2D eigenvalue weighted by atomic mass is 16.3. The van der Waals surface area contributed by atoms with Gasteiger partial charge in [0.1, 0.15) is 11.6 Å². The van der Waals surface area contributed by atoms with Crippen LogP contribution in [0.1, 0.15) is 11.6 Å². The monoisotopic (exact) mass is 241 g/mol. The fourth-order valence-corrected chi connectivity index (χ4v) is 1.96. The summed E-state index contributed by atoms with van der Waals surface area (Å²) < 4.78 is 5.25. The number of furan rings is 1. The second-order valence-electron chi connectivity index (χ2n) is 4.21. The lowest BCUT2D eigenvalue weighted by atomic mass is 10.3. The van der Waals surface area contributed by atoms with Crippen molar-refractivity contribution < 1.29 is 4.42 Å². The second-order valence-corrected chi connectivity index (χ2v) is 4.21. The number of imidazole rings is 1. The number of hydrogen-bond acceptors (Lipinski definition) is 3. The number of nitrogens with zero attached hydrogens (tertiary/aromatic N) is 1. The summed E-state index contributed by atoms with van der Waals surface area (Å²) in [5.41, 5.74) is 2.12. The van der Waals surface area contributed by atoms with Crippen molar-refractivity contribution in [2.24, 2.45) is 0 Å². The third-order valence-corrected chi connectivity index (χ3v) is 2.86. The molecule has 2 heterocycles. The predicted molar refractivity (Wildman–Crippen MR) is 70.2 cm³/mol. The molecule has 0 aliphatic carbocycles. The van der Waals surface area contributed by atoms with Crippen LogP contribution in [0.4, 0.5) is 0 Å². The number of H-pyrrole nitrogens is 1. The molecule has 0 spiro atoms. The Labute approximate surface area is 105 Å². The molecule has 2 N–H and O–H groups in total. The summed E-state index contributed by atoms with van der Waals surface area (Å²) in [5.74, 6) is 1.97. The van der Waals surface area contributed by atoms with Crippen molar-refractivity contribution in [1.82, 2.24) is 15.3 Å². The van der Waals surface area contributed by atoms with E-state index in [2.05, 4.69) is 15.3 Å². The molecule has 18 heavy (non-hydrogen) atoms. The van der Waals surface area contributed by atoms with E-state index in [1.165, 1.54) is 0 Å². The second kappa shape index (κ2) is 5.06. The van der Waals surface area contributed by atoms with Crippen molar-refractivity contribution >= 4 is 11.0 Å². The van der Waals surface area contributed by atoms with E-state index >= 15 is 0 Å². The topological polar surface area (TPSA) is 53.9 Å². The first kappa shape index (κ1) is 11.0. The molecule has 4 nitrogen and oxygen atoms in total. The quantitative estimate of drug-likeness (QED) is 0.675. The highest BCUT2D eigenvalue weighted by molar-refractivity contribution is 5.74. The fraction of sp³-hybridized carbons (Fsp3) is 0.214. The smallest absolute Gasteiger partial charge is 0.117 e. The van der Waals surface area contributed by atoms with Gasteiger partial charge in [-0.25, -0.2) is 4.98 Å². The van der Waals surface area contributed by atoms with Crippen molar-refractivity contribution in [2.75, 3.05) is 6.54 Å². The van der Waals surface area contributed by atoms with E-state index in [-0.39, 0.29) is 0 Å². The van der Waals surface area contributed by atoms with Gasteiger partial charge in [-0.05, 0) is 24.3 Å². The lowest BCUT2D eigenvalue weighted by Gasteiger charge is -2.00. The Morgan fingerprint density at radius 1 is 1.17 bits per heavy atom. The molecule has 92 valence electrons. The SMILES string of the molecule is c1coc(CNCCc2nc3ccccc3[nH]2)c1. The van der Waals surface area contributed by atoms with Crippen LogP contribution in [0.2, 0.25) is 0 Å². The maximum absolute atomic E-state index is 5.25. The summed E-state index contributed by atoms with van der Waals surface area (Å²) in [7, 11) is 0. The maximum atomic E-state index is 5.25. The minimum atomic E-state index is 0.757. The summed E-state index contributed by atoms with van der Waals surface area (Å²) >= 11 is 0. The number of nitrogens with one attached hydrogen (secondary N) is 2. The normalized spacial score (nSPS) is 11.1. The summed E-state index contributed by atoms with van der Waals surface area (Å²) in [4.78, 5) is 7.84. The van der Waals surface area contributed by atoms with Crippen LogP contribution in [0.5, 0.6) is 0 Å². The van der Waals surface area contributed by atoms with Crippen LogP contribution in [0.25, 0.3) is 11.0 Å². The zero-order chi connectivity index (χ0) is 12.2. The standard InChI is InChI=1S/C14H15N3O/c1-2-6-13-12(5-1)16-14(17-13)7-8-15-10-11-4-3-9-18-11/h1-6,9,15H,7-8,10H2,(H,16,17). The van der Waals surface area contributed by atoms with Gasteiger partial charge in [0, 0.05) is 13.0 Å². The van der Waals surface area contributed by atoms with Crippen LogP contribution < -0.4 is 5.32 Å². The third kappa shape index (κ3) is 2.43.